The van der Waals surface area contributed by atoms with E-state index < -0.39 is 0 Å². The molecule has 0 bridgehead atoms. The summed E-state index contributed by atoms with van der Waals surface area (Å²) in [7, 11) is 0. The van der Waals surface area contributed by atoms with Crippen molar-refractivity contribution in [3.63, 3.8) is 0 Å². The summed E-state index contributed by atoms with van der Waals surface area (Å²) in [6, 6.07) is 4.10. The molecule has 3 heteroatoms. The van der Waals surface area contributed by atoms with Gasteiger partial charge >= 0.3 is 0 Å². The molecule has 0 aromatic carbocycles. The fourth-order valence-electron chi connectivity index (χ4n) is 0.963. The Kier molecular flexibility index (Phi) is 1.87. The van der Waals surface area contributed by atoms with Gasteiger partial charge in [-0.25, -0.2) is 9.97 Å². The van der Waals surface area contributed by atoms with Crippen LogP contribution in [-0.2, 0) is 0 Å². The Morgan fingerprint density at radius 3 is 2.58 bits per heavy atom. The quantitative estimate of drug-likeness (QED) is 0.667. The first-order chi connectivity index (χ1) is 5.86. The van der Waals surface area contributed by atoms with Gasteiger partial charge in [0, 0.05) is 22.8 Å². The molecule has 0 aliphatic heterocycles. The van der Waals surface area contributed by atoms with Gasteiger partial charge in [0.05, 0.1) is 0 Å². The lowest BCUT2D eigenvalue weighted by Crippen LogP contribution is -1.85. The van der Waals surface area contributed by atoms with Gasteiger partial charge in [-0.1, -0.05) is 6.07 Å². The van der Waals surface area contributed by atoms with E-state index in [4.69, 9.17) is 0 Å². The number of aromatic nitrogens is 2. The summed E-state index contributed by atoms with van der Waals surface area (Å²) in [5.74, 6) is 0.815. The van der Waals surface area contributed by atoms with Crippen LogP contribution in [0, 0.1) is 6.92 Å². The highest BCUT2D eigenvalue weighted by atomic mass is 32.1. The highest BCUT2D eigenvalue weighted by Gasteiger charge is 1.97. The maximum Gasteiger partial charge on any atom is 0.125 e. The van der Waals surface area contributed by atoms with Crippen LogP contribution in [0.1, 0.15) is 5.82 Å². The van der Waals surface area contributed by atoms with Gasteiger partial charge in [-0.05, 0) is 18.4 Å². The number of hydrogen-bond donors (Lipinski definition) is 0. The third-order valence-electron chi connectivity index (χ3n) is 1.59. The molecule has 0 N–H and O–H groups in total. The largest absolute Gasteiger partial charge is 0.241 e. The Labute approximate surface area is 74.9 Å². The van der Waals surface area contributed by atoms with Crippen molar-refractivity contribution in [2.24, 2.45) is 0 Å². The molecule has 0 spiro atoms. The molecule has 0 aliphatic rings. The minimum atomic E-state index is 0.815. The maximum atomic E-state index is 4.13. The summed E-state index contributed by atoms with van der Waals surface area (Å²) >= 11 is 1.70. The fraction of sp³-hybridized carbons (Fsp3) is 0.111. The fourth-order valence-corrected chi connectivity index (χ4v) is 1.67. The van der Waals surface area contributed by atoms with Crippen LogP contribution in [0.4, 0.5) is 0 Å². The first kappa shape index (κ1) is 7.43. The summed E-state index contributed by atoms with van der Waals surface area (Å²) in [6.07, 6.45) is 3.71. The molecule has 2 aromatic heterocycles. The highest BCUT2D eigenvalue weighted by molar-refractivity contribution is 7.13. The smallest absolute Gasteiger partial charge is 0.125 e. The number of rotatable bonds is 1. The molecule has 2 aromatic rings. The maximum absolute atomic E-state index is 4.13. The van der Waals surface area contributed by atoms with Crippen LogP contribution < -0.4 is 0 Å². The Bertz CT molecular complexity index is 351. The second-order valence-corrected chi connectivity index (χ2v) is 3.44. The minimum Gasteiger partial charge on any atom is -0.241 e. The SMILES string of the molecule is Cc1ncc(-c2cccs2)cn1. The van der Waals surface area contributed by atoms with Gasteiger partial charge in [-0.15, -0.1) is 11.3 Å². The van der Waals surface area contributed by atoms with Crippen molar-refractivity contribution in [2.75, 3.05) is 0 Å². The second kappa shape index (κ2) is 3.03. The van der Waals surface area contributed by atoms with E-state index in [-0.39, 0.29) is 0 Å². The van der Waals surface area contributed by atoms with Gasteiger partial charge in [0.15, 0.2) is 0 Å². The molecule has 2 heterocycles. The average Bonchev–Trinajstić information content (AvgIpc) is 2.58. The minimum absolute atomic E-state index is 0.815. The third-order valence-corrected chi connectivity index (χ3v) is 2.51. The molecule has 0 aliphatic carbocycles. The summed E-state index contributed by atoms with van der Waals surface area (Å²) in [5.41, 5.74) is 1.09. The molecule has 2 nitrogen and oxygen atoms in total. The van der Waals surface area contributed by atoms with E-state index in [0.29, 0.717) is 0 Å². The van der Waals surface area contributed by atoms with Crippen LogP contribution >= 0.6 is 11.3 Å². The van der Waals surface area contributed by atoms with Crippen LogP contribution in [0.15, 0.2) is 29.9 Å². The average molecular weight is 176 g/mol. The molecular weight excluding hydrogens is 168 g/mol. The van der Waals surface area contributed by atoms with Gasteiger partial charge in [0.25, 0.3) is 0 Å². The first-order valence-electron chi connectivity index (χ1n) is 3.69. The molecule has 0 saturated carbocycles. The first-order valence-corrected chi connectivity index (χ1v) is 4.57. The van der Waals surface area contributed by atoms with Crippen molar-refractivity contribution in [1.29, 1.82) is 0 Å². The molecular formula is C9H8N2S. The standard InChI is InChI=1S/C9H8N2S/c1-7-10-5-8(6-11-7)9-3-2-4-12-9/h2-6H,1H3. The molecule has 12 heavy (non-hydrogen) atoms. The molecule has 60 valence electrons. The summed E-state index contributed by atoms with van der Waals surface area (Å²) < 4.78 is 0. The second-order valence-electron chi connectivity index (χ2n) is 2.50. The van der Waals surface area contributed by atoms with Crippen molar-refractivity contribution in [3.05, 3.63) is 35.7 Å². The molecule has 2 rings (SSSR count). The zero-order chi connectivity index (χ0) is 8.39. The lowest BCUT2D eigenvalue weighted by Gasteiger charge is -1.95. The van der Waals surface area contributed by atoms with Crippen LogP contribution in [0.5, 0.6) is 0 Å². The molecule has 0 fully saturated rings. The van der Waals surface area contributed by atoms with Crippen molar-refractivity contribution >= 4 is 11.3 Å². The molecule has 0 saturated heterocycles. The van der Waals surface area contributed by atoms with Gasteiger partial charge < -0.3 is 0 Å². The van der Waals surface area contributed by atoms with E-state index in [2.05, 4.69) is 21.4 Å². The number of aryl methyl sites for hydroxylation is 1. The Hall–Kier alpha value is -1.22. The predicted octanol–water partition coefficient (Wildman–Crippen LogP) is 2.51. The van der Waals surface area contributed by atoms with E-state index >= 15 is 0 Å². The highest BCUT2D eigenvalue weighted by Crippen LogP contribution is 2.22. The summed E-state index contributed by atoms with van der Waals surface area (Å²) in [5, 5.41) is 2.05. The van der Waals surface area contributed by atoms with Gasteiger partial charge in [-0.3, -0.25) is 0 Å². The van der Waals surface area contributed by atoms with Crippen LogP contribution in [0.3, 0.4) is 0 Å². The van der Waals surface area contributed by atoms with Crippen LogP contribution in [0.2, 0.25) is 0 Å². The van der Waals surface area contributed by atoms with Crippen molar-refractivity contribution in [3.8, 4) is 10.4 Å². The van der Waals surface area contributed by atoms with E-state index in [0.717, 1.165) is 11.4 Å². The van der Waals surface area contributed by atoms with Crippen LogP contribution in [0.25, 0.3) is 10.4 Å². The topological polar surface area (TPSA) is 25.8 Å². The lowest BCUT2D eigenvalue weighted by atomic mass is 10.3. The third kappa shape index (κ3) is 1.36. The van der Waals surface area contributed by atoms with Gasteiger partial charge in [0.1, 0.15) is 5.82 Å². The normalized spacial score (nSPS) is 10.1. The molecule has 0 amide bonds. The van der Waals surface area contributed by atoms with Gasteiger partial charge in [-0.2, -0.15) is 0 Å². The number of thiophene rings is 1. The van der Waals surface area contributed by atoms with Crippen molar-refractivity contribution in [2.45, 2.75) is 6.92 Å². The van der Waals surface area contributed by atoms with Crippen molar-refractivity contribution in [1.82, 2.24) is 9.97 Å². The zero-order valence-corrected chi connectivity index (χ0v) is 7.51. The number of nitrogens with zero attached hydrogens (tertiary/aromatic N) is 2. The summed E-state index contributed by atoms with van der Waals surface area (Å²) in [4.78, 5) is 9.48. The summed E-state index contributed by atoms with van der Waals surface area (Å²) in [6.45, 7) is 1.89. The lowest BCUT2D eigenvalue weighted by molar-refractivity contribution is 1.06. The predicted molar refractivity (Wildman–Crippen MR) is 50.1 cm³/mol. The zero-order valence-electron chi connectivity index (χ0n) is 6.69. The van der Waals surface area contributed by atoms with E-state index in [9.17, 15) is 0 Å². The van der Waals surface area contributed by atoms with E-state index in [1.807, 2.05) is 25.4 Å². The van der Waals surface area contributed by atoms with Crippen LogP contribution in [-0.4, -0.2) is 9.97 Å². The van der Waals surface area contributed by atoms with E-state index in [1.165, 1.54) is 4.88 Å². The molecule has 0 radical (unpaired) electrons. The Morgan fingerprint density at radius 2 is 2.00 bits per heavy atom. The van der Waals surface area contributed by atoms with E-state index in [1.54, 1.807) is 11.3 Å². The van der Waals surface area contributed by atoms with Gasteiger partial charge in [0.2, 0.25) is 0 Å². The Morgan fingerprint density at radius 1 is 1.25 bits per heavy atom. The monoisotopic (exact) mass is 176 g/mol. The molecule has 0 atom stereocenters. The number of hydrogen-bond acceptors (Lipinski definition) is 3. The van der Waals surface area contributed by atoms with Crippen molar-refractivity contribution < 1.29 is 0 Å². The molecule has 0 unspecified atom stereocenters. The Balaban J connectivity index is 2.43.